The number of carboxylic acids is 4. The Balaban J connectivity index is 0.000000642. The number of para-hydroxylation sites is 1. The summed E-state index contributed by atoms with van der Waals surface area (Å²) >= 11 is 0. The van der Waals surface area contributed by atoms with Gasteiger partial charge in [-0.15, -0.1) is 0 Å². The number of nitro groups is 1. The second-order valence-electron chi connectivity index (χ2n) is 10.9. The van der Waals surface area contributed by atoms with Gasteiger partial charge in [0.1, 0.15) is 18.1 Å². The summed E-state index contributed by atoms with van der Waals surface area (Å²) in [7, 11) is 0. The van der Waals surface area contributed by atoms with Gasteiger partial charge in [0.2, 0.25) is 5.82 Å². The Kier molecular flexibility index (Phi) is 18.8. The van der Waals surface area contributed by atoms with Gasteiger partial charge in [-0.1, -0.05) is 38.1 Å². The number of carbonyl (C=O) groups is 4. The molecule has 14 N–H and O–H groups in total. The number of halogens is 1. The fraction of sp³-hybridized carbons (Fsp3) is 0.400. The van der Waals surface area contributed by atoms with Crippen molar-refractivity contribution in [3.8, 4) is 0 Å². The molecule has 0 aliphatic carbocycles. The maximum Gasteiger partial charge on any atom is 0.323 e. The van der Waals surface area contributed by atoms with E-state index in [0.717, 1.165) is 28.6 Å². The van der Waals surface area contributed by atoms with Crippen LogP contribution in [0.1, 0.15) is 50.8 Å². The van der Waals surface area contributed by atoms with Gasteiger partial charge in [-0.25, -0.2) is 0 Å². The minimum absolute atomic E-state index is 0.218. The number of carboxylic acid groups (broad SMARTS) is 4. The van der Waals surface area contributed by atoms with E-state index in [1.54, 1.807) is 0 Å². The van der Waals surface area contributed by atoms with Crippen LogP contribution < -0.4 is 22.9 Å². The van der Waals surface area contributed by atoms with Crippen molar-refractivity contribution in [1.82, 2.24) is 4.98 Å². The summed E-state index contributed by atoms with van der Waals surface area (Å²) in [6.45, 7) is 5.23. The zero-order chi connectivity index (χ0) is 37.3. The number of nitro benzene ring substituents is 1. The fourth-order valence-electron chi connectivity index (χ4n) is 3.65. The van der Waals surface area contributed by atoms with E-state index in [2.05, 4.69) is 4.98 Å². The molecule has 2 aromatic carbocycles. The fourth-order valence-corrected chi connectivity index (χ4v) is 3.65. The molecule has 0 aliphatic rings. The molecule has 18 heteroatoms. The Morgan fingerprint density at radius 2 is 1.46 bits per heavy atom. The molecule has 0 radical (unpaired) electrons. The highest BCUT2D eigenvalue weighted by Crippen LogP contribution is 2.23. The molecule has 0 amide bonds. The molecule has 3 rings (SSSR count). The molecular formula is C30H43FN6O11. The normalized spacial score (nSPS) is 13.5. The Labute approximate surface area is 274 Å². The number of nitrogens with zero attached hydrogens (tertiary/aromatic N) is 1. The molecule has 5 atom stereocenters. The van der Waals surface area contributed by atoms with E-state index in [0.29, 0.717) is 18.8 Å². The van der Waals surface area contributed by atoms with Crippen molar-refractivity contribution in [2.24, 2.45) is 28.9 Å². The lowest BCUT2D eigenvalue weighted by Gasteiger charge is -2.08. The maximum absolute atomic E-state index is 12.9. The molecule has 17 nitrogen and oxygen atoms in total. The monoisotopic (exact) mass is 682 g/mol. The van der Waals surface area contributed by atoms with Gasteiger partial charge in [-0.05, 0) is 42.5 Å². The molecule has 5 unspecified atom stereocenters. The van der Waals surface area contributed by atoms with E-state index >= 15 is 0 Å². The molecular weight excluding hydrogens is 639 g/mol. The second-order valence-corrected chi connectivity index (χ2v) is 10.9. The average molecular weight is 683 g/mol. The molecule has 0 bridgehead atoms. The third kappa shape index (κ3) is 16.0. The summed E-state index contributed by atoms with van der Waals surface area (Å²) in [5.41, 5.74) is 22.6. The zero-order valence-corrected chi connectivity index (χ0v) is 26.5. The first-order valence-electron chi connectivity index (χ1n) is 14.3. The number of benzene rings is 2. The van der Waals surface area contributed by atoms with Crippen molar-refractivity contribution < 1.29 is 54.0 Å². The lowest BCUT2D eigenvalue weighted by molar-refractivity contribution is -0.387. The smallest absolute Gasteiger partial charge is 0.323 e. The van der Waals surface area contributed by atoms with Crippen molar-refractivity contribution >= 4 is 40.5 Å². The van der Waals surface area contributed by atoms with E-state index < -0.39 is 70.6 Å². The number of H-pyrrole nitrogens is 1. The highest BCUT2D eigenvalue weighted by atomic mass is 19.1. The SMILES string of the molecule is CC(C)CC(N)C(=O)O.CC(O)C(N)C(=O)O.NC(CC(=O)O)c1ccc(F)c([N+](=O)[O-])c1.NC(Cc1c[nH]c2ccccc12)C(=O)O. The molecule has 0 saturated heterocycles. The molecule has 0 aliphatic heterocycles. The van der Waals surface area contributed by atoms with Gasteiger partial charge in [0, 0.05) is 35.6 Å². The number of nitrogens with two attached hydrogens (primary N) is 4. The van der Waals surface area contributed by atoms with Gasteiger partial charge >= 0.3 is 29.6 Å². The van der Waals surface area contributed by atoms with Gasteiger partial charge in [0.25, 0.3) is 0 Å². The van der Waals surface area contributed by atoms with Crippen molar-refractivity contribution in [1.29, 1.82) is 0 Å². The van der Waals surface area contributed by atoms with Crippen LogP contribution in [0.2, 0.25) is 0 Å². The topological polar surface area (TPSA) is 332 Å². The minimum Gasteiger partial charge on any atom is -0.481 e. The Morgan fingerprint density at radius 1 is 0.896 bits per heavy atom. The largest absolute Gasteiger partial charge is 0.481 e. The molecule has 1 heterocycles. The third-order valence-corrected chi connectivity index (χ3v) is 6.27. The molecule has 1 aromatic heterocycles. The number of hydrogen-bond acceptors (Lipinski definition) is 11. The van der Waals surface area contributed by atoms with Crippen LogP contribution in [0.4, 0.5) is 10.1 Å². The van der Waals surface area contributed by atoms with E-state index in [4.69, 9.17) is 48.5 Å². The number of aliphatic carboxylic acids is 4. The first kappa shape index (κ1) is 43.0. The van der Waals surface area contributed by atoms with Gasteiger partial charge in [0.15, 0.2) is 0 Å². The third-order valence-electron chi connectivity index (χ3n) is 6.27. The Bertz CT molecular complexity index is 1520. The lowest BCUT2D eigenvalue weighted by Crippen LogP contribution is -2.39. The van der Waals surface area contributed by atoms with E-state index in [9.17, 15) is 33.7 Å². The number of nitrogens with one attached hydrogen (secondary N) is 1. The molecule has 3 aromatic rings. The first-order valence-corrected chi connectivity index (χ1v) is 14.3. The van der Waals surface area contributed by atoms with Crippen LogP contribution in [-0.4, -0.2) is 83.5 Å². The van der Waals surface area contributed by atoms with Crippen LogP contribution in [-0.2, 0) is 25.6 Å². The van der Waals surface area contributed by atoms with Crippen molar-refractivity contribution in [2.75, 3.05) is 0 Å². The summed E-state index contributed by atoms with van der Waals surface area (Å²) in [6, 6.07) is 7.25. The van der Waals surface area contributed by atoms with Crippen molar-refractivity contribution in [2.45, 2.75) is 70.3 Å². The van der Waals surface area contributed by atoms with Gasteiger partial charge in [-0.3, -0.25) is 29.3 Å². The molecule has 266 valence electrons. The van der Waals surface area contributed by atoms with Crippen LogP contribution in [0.3, 0.4) is 0 Å². The van der Waals surface area contributed by atoms with Crippen LogP contribution in [0.25, 0.3) is 10.9 Å². The number of aromatic amines is 1. The van der Waals surface area contributed by atoms with E-state index in [1.165, 1.54) is 13.0 Å². The predicted molar refractivity (Wildman–Crippen MR) is 172 cm³/mol. The minimum atomic E-state index is -1.18. The molecule has 48 heavy (non-hydrogen) atoms. The summed E-state index contributed by atoms with van der Waals surface area (Å²) in [5.74, 6) is -4.81. The predicted octanol–water partition coefficient (Wildman–Crippen LogP) is 1.55. The van der Waals surface area contributed by atoms with Crippen LogP contribution in [0.5, 0.6) is 0 Å². The molecule has 0 saturated carbocycles. The summed E-state index contributed by atoms with van der Waals surface area (Å²) < 4.78 is 12.9. The standard InChI is InChI=1S/C11H12N2O2.C9H9FN2O4.C6H13NO2.C4H9NO3/c12-9(11(14)15)5-7-6-13-10-4-2-1-3-8(7)10;10-6-2-1-5(3-8(6)12(15)16)7(11)4-9(13)14;1-4(2)3-5(7)6(8)9;1-2(6)3(5)4(7)8/h1-4,6,9,13H,5,12H2,(H,14,15);1-3,7H,4,11H2,(H,13,14);4-5H,3,7H2,1-2H3,(H,8,9);2-3,6H,5H2,1H3,(H,7,8). The van der Waals surface area contributed by atoms with Crippen LogP contribution >= 0.6 is 0 Å². The van der Waals surface area contributed by atoms with Crippen molar-refractivity contribution in [3.05, 3.63) is 75.7 Å². The van der Waals surface area contributed by atoms with Gasteiger partial charge < -0.3 is 53.5 Å². The lowest BCUT2D eigenvalue weighted by atomic mass is 10.0. The van der Waals surface area contributed by atoms with Gasteiger partial charge in [0.05, 0.1) is 17.4 Å². The summed E-state index contributed by atoms with van der Waals surface area (Å²) in [6.07, 6.45) is 1.36. The number of rotatable bonds is 12. The molecule has 0 spiro atoms. The summed E-state index contributed by atoms with van der Waals surface area (Å²) in [4.78, 5) is 53.6. The second kappa shape index (κ2) is 21.0. The van der Waals surface area contributed by atoms with Gasteiger partial charge in [-0.2, -0.15) is 4.39 Å². The number of aromatic nitrogens is 1. The van der Waals surface area contributed by atoms with Crippen molar-refractivity contribution in [3.63, 3.8) is 0 Å². The van der Waals surface area contributed by atoms with E-state index in [1.807, 2.05) is 44.3 Å². The van der Waals surface area contributed by atoms with Crippen LogP contribution in [0.15, 0.2) is 48.7 Å². The number of aliphatic hydroxyl groups excluding tert-OH is 1. The Morgan fingerprint density at radius 3 is 1.88 bits per heavy atom. The highest BCUT2D eigenvalue weighted by molar-refractivity contribution is 5.84. The average Bonchev–Trinajstić information content (AvgIpc) is 3.39. The van der Waals surface area contributed by atoms with Crippen LogP contribution in [0, 0.1) is 21.8 Å². The van der Waals surface area contributed by atoms with E-state index in [-0.39, 0.29) is 12.0 Å². The molecule has 0 fully saturated rings. The number of hydrogen-bond donors (Lipinski definition) is 10. The Hall–Kier alpha value is -5.01. The zero-order valence-electron chi connectivity index (χ0n) is 26.5. The number of aliphatic hydroxyl groups is 1. The highest BCUT2D eigenvalue weighted by Gasteiger charge is 2.19. The maximum atomic E-state index is 12.9. The summed E-state index contributed by atoms with van der Waals surface area (Å²) in [5, 5.41) is 53.5. The first-order chi connectivity index (χ1) is 22.2. The quantitative estimate of drug-likeness (QED) is 0.0956. The number of fused-ring (bicyclic) bond motifs is 1.